The van der Waals surface area contributed by atoms with Gasteiger partial charge in [-0.3, -0.25) is 9.69 Å². The van der Waals surface area contributed by atoms with Gasteiger partial charge >= 0.3 is 6.01 Å². The number of hydrogen-bond donors (Lipinski definition) is 1. The monoisotopic (exact) mass is 657 g/mol. The topological polar surface area (TPSA) is 101 Å². The molecule has 9 nitrogen and oxygen atoms in total. The Hall–Kier alpha value is -3.68. The fraction of sp³-hybridized carbons (Fsp3) is 0.419. The lowest BCUT2D eigenvalue weighted by Gasteiger charge is -2.31. The number of halogens is 4. The summed E-state index contributed by atoms with van der Waals surface area (Å²) in [4.78, 5) is 31.5. The maximum absolute atomic E-state index is 16.8. The Morgan fingerprint density at radius 1 is 1.27 bits per heavy atom. The van der Waals surface area contributed by atoms with Gasteiger partial charge in [0.25, 0.3) is 0 Å². The smallest absolute Gasteiger partial charge is 0.319 e. The van der Waals surface area contributed by atoms with Crippen LogP contribution >= 0.6 is 22.9 Å². The molecule has 0 bridgehead atoms. The van der Waals surface area contributed by atoms with Crippen molar-refractivity contribution in [1.29, 1.82) is 0 Å². The molecule has 236 valence electrons. The normalized spacial score (nSPS) is 23.3. The molecule has 1 amide bonds. The highest BCUT2D eigenvalue weighted by atomic mass is 35.5. The zero-order chi connectivity index (χ0) is 31.6. The summed E-state index contributed by atoms with van der Waals surface area (Å²) in [5.41, 5.74) is 5.84. The average Bonchev–Trinajstić information content (AvgIpc) is 3.80. The number of anilines is 2. The number of alkyl halides is 1. The molecule has 3 saturated heterocycles. The van der Waals surface area contributed by atoms with E-state index in [4.69, 9.17) is 27.1 Å². The van der Waals surface area contributed by atoms with Crippen molar-refractivity contribution in [3.63, 3.8) is 0 Å². The number of fused-ring (bicyclic) bond motifs is 3. The first-order valence-electron chi connectivity index (χ1n) is 14.8. The number of likely N-dealkylation sites (tertiary alicyclic amines) is 1. The van der Waals surface area contributed by atoms with Crippen LogP contribution in [0.1, 0.15) is 25.7 Å². The van der Waals surface area contributed by atoms with Crippen molar-refractivity contribution in [1.82, 2.24) is 24.8 Å². The standard InChI is InChI=1S/C31H31ClF3N7O2S/c1-3-22(43)41-10-7-17(14-41)40(2)28-19-11-20(32)23(18-5-6-21(34)27-26(18)37-29(36)45-27)24(35)25(19)38-30(39-28)44-15-31-8-4-9-42(31)13-16(33)12-31/h3,5-6,11,16-17H,1,4,7-10,12-15H2,2H3,(H2,36,37). The molecular weight excluding hydrogens is 627 g/mol. The van der Waals surface area contributed by atoms with Gasteiger partial charge in [-0.1, -0.05) is 29.5 Å². The summed E-state index contributed by atoms with van der Waals surface area (Å²) >= 11 is 7.74. The highest BCUT2D eigenvalue weighted by Gasteiger charge is 2.49. The van der Waals surface area contributed by atoms with Gasteiger partial charge in [0.1, 0.15) is 29.9 Å². The van der Waals surface area contributed by atoms with Crippen molar-refractivity contribution >= 4 is 60.9 Å². The number of rotatable bonds is 7. The molecular formula is C31H31ClF3N7O2S. The van der Waals surface area contributed by atoms with Crippen molar-refractivity contribution in [3.8, 4) is 17.1 Å². The zero-order valence-electron chi connectivity index (χ0n) is 24.5. The molecule has 4 aromatic rings. The number of benzene rings is 2. The number of thiazole rings is 1. The minimum Gasteiger partial charge on any atom is -0.461 e. The van der Waals surface area contributed by atoms with Crippen LogP contribution in [0.15, 0.2) is 30.9 Å². The summed E-state index contributed by atoms with van der Waals surface area (Å²) in [6.07, 6.45) is 3.08. The van der Waals surface area contributed by atoms with Crippen LogP contribution in [0.2, 0.25) is 5.02 Å². The van der Waals surface area contributed by atoms with E-state index >= 15 is 4.39 Å². The van der Waals surface area contributed by atoms with Gasteiger partial charge in [0.2, 0.25) is 5.91 Å². The molecule has 5 heterocycles. The third-order valence-corrected chi connectivity index (χ3v) is 10.6. The summed E-state index contributed by atoms with van der Waals surface area (Å²) in [6, 6.07) is 4.04. The maximum Gasteiger partial charge on any atom is 0.319 e. The van der Waals surface area contributed by atoms with E-state index in [2.05, 4.69) is 21.4 Å². The Morgan fingerprint density at radius 3 is 2.89 bits per heavy atom. The van der Waals surface area contributed by atoms with E-state index in [1.165, 1.54) is 18.2 Å². The van der Waals surface area contributed by atoms with E-state index in [1.807, 2.05) is 11.9 Å². The third kappa shape index (κ3) is 5.05. The lowest BCUT2D eigenvalue weighted by atomic mass is 9.95. The van der Waals surface area contributed by atoms with Gasteiger partial charge in [-0.05, 0) is 50.1 Å². The Balaban J connectivity index is 1.34. The van der Waals surface area contributed by atoms with Gasteiger partial charge in [-0.25, -0.2) is 18.2 Å². The molecule has 14 heteroatoms. The number of amides is 1. The molecule has 3 atom stereocenters. The third-order valence-electron chi connectivity index (χ3n) is 9.39. The highest BCUT2D eigenvalue weighted by Crippen LogP contribution is 2.44. The molecule has 7 rings (SSSR count). The summed E-state index contributed by atoms with van der Waals surface area (Å²) < 4.78 is 52.2. The molecule has 3 unspecified atom stereocenters. The molecule has 2 aromatic heterocycles. The van der Waals surface area contributed by atoms with Gasteiger partial charge in [0.15, 0.2) is 10.9 Å². The molecule has 0 radical (unpaired) electrons. The van der Waals surface area contributed by atoms with Gasteiger partial charge in [-0.15, -0.1) is 0 Å². The summed E-state index contributed by atoms with van der Waals surface area (Å²) in [7, 11) is 1.82. The van der Waals surface area contributed by atoms with Crippen LogP contribution in [-0.4, -0.2) is 88.2 Å². The fourth-order valence-electron chi connectivity index (χ4n) is 7.14. The van der Waals surface area contributed by atoms with E-state index in [9.17, 15) is 13.6 Å². The number of likely N-dealkylation sites (N-methyl/N-ethyl adjacent to an activating group) is 1. The largest absolute Gasteiger partial charge is 0.461 e. The number of carbonyl (C=O) groups excluding carboxylic acids is 1. The molecule has 3 fully saturated rings. The Morgan fingerprint density at radius 2 is 2.09 bits per heavy atom. The van der Waals surface area contributed by atoms with E-state index < -0.39 is 23.3 Å². The summed E-state index contributed by atoms with van der Waals surface area (Å²) in [5.74, 6) is -1.07. The minimum absolute atomic E-state index is 0.00188. The van der Waals surface area contributed by atoms with E-state index in [0.29, 0.717) is 43.7 Å². The van der Waals surface area contributed by atoms with Gasteiger partial charge in [0.05, 0.1) is 20.8 Å². The number of ether oxygens (including phenoxy) is 1. The van der Waals surface area contributed by atoms with Crippen LogP contribution in [0.5, 0.6) is 6.01 Å². The van der Waals surface area contributed by atoms with Gasteiger partial charge < -0.3 is 20.3 Å². The van der Waals surface area contributed by atoms with Crippen LogP contribution in [0.3, 0.4) is 0 Å². The molecule has 0 saturated carbocycles. The second kappa shape index (κ2) is 11.3. The Labute approximate surface area is 266 Å². The zero-order valence-corrected chi connectivity index (χ0v) is 26.1. The lowest BCUT2D eigenvalue weighted by molar-refractivity contribution is -0.125. The fourth-order valence-corrected chi connectivity index (χ4v) is 8.20. The summed E-state index contributed by atoms with van der Waals surface area (Å²) in [6.45, 7) is 5.86. The van der Waals surface area contributed by atoms with Crippen molar-refractivity contribution in [2.45, 2.75) is 43.4 Å². The molecule has 2 N–H and O–H groups in total. The number of aromatic nitrogens is 3. The molecule has 3 aliphatic heterocycles. The number of nitrogen functional groups attached to an aromatic ring is 1. The van der Waals surface area contributed by atoms with E-state index in [0.717, 1.165) is 30.7 Å². The lowest BCUT2D eigenvalue weighted by Crippen LogP contribution is -2.43. The number of nitrogens with two attached hydrogens (primary N) is 1. The first-order valence-corrected chi connectivity index (χ1v) is 16.0. The van der Waals surface area contributed by atoms with Gasteiger partial charge in [0, 0.05) is 55.7 Å². The van der Waals surface area contributed by atoms with Crippen LogP contribution < -0.4 is 15.4 Å². The Kier molecular flexibility index (Phi) is 7.52. The first-order chi connectivity index (χ1) is 21.6. The quantitative estimate of drug-likeness (QED) is 0.257. The maximum atomic E-state index is 16.8. The van der Waals surface area contributed by atoms with Crippen molar-refractivity contribution in [2.75, 3.05) is 50.5 Å². The number of nitrogens with zero attached hydrogens (tertiary/aromatic N) is 6. The molecule has 45 heavy (non-hydrogen) atoms. The minimum atomic E-state index is -0.939. The van der Waals surface area contributed by atoms with Crippen molar-refractivity contribution in [3.05, 3.63) is 47.5 Å². The molecule has 0 aliphatic carbocycles. The first kappa shape index (κ1) is 30.0. The predicted octanol–water partition coefficient (Wildman–Crippen LogP) is 5.60. The van der Waals surface area contributed by atoms with Crippen LogP contribution in [-0.2, 0) is 4.79 Å². The highest BCUT2D eigenvalue weighted by molar-refractivity contribution is 7.22. The SMILES string of the molecule is C=CC(=O)N1CCC(N(C)c2nc(OCC34CCCN3CC(F)C4)nc3c(F)c(-c4ccc(F)c5sc(N)nc45)c(Cl)cc23)C1. The second-order valence-electron chi connectivity index (χ2n) is 12.0. The predicted molar refractivity (Wildman–Crippen MR) is 170 cm³/mol. The number of carbonyl (C=O) groups is 1. The van der Waals surface area contributed by atoms with Crippen molar-refractivity contribution < 1.29 is 22.7 Å². The second-order valence-corrected chi connectivity index (χ2v) is 13.4. The molecule has 0 spiro atoms. The van der Waals surface area contributed by atoms with Crippen LogP contribution in [0, 0.1) is 11.6 Å². The van der Waals surface area contributed by atoms with E-state index in [-0.39, 0.29) is 61.6 Å². The van der Waals surface area contributed by atoms with E-state index in [1.54, 1.807) is 11.0 Å². The average molecular weight is 658 g/mol. The Bertz CT molecular complexity index is 1860. The van der Waals surface area contributed by atoms with Crippen LogP contribution in [0.4, 0.5) is 24.1 Å². The molecule has 3 aliphatic rings. The molecule has 2 aromatic carbocycles. The summed E-state index contributed by atoms with van der Waals surface area (Å²) in [5, 5.41) is 0.534. The number of hydrogen-bond acceptors (Lipinski definition) is 9. The van der Waals surface area contributed by atoms with Crippen LogP contribution in [0.25, 0.3) is 32.2 Å². The van der Waals surface area contributed by atoms with Crippen molar-refractivity contribution in [2.24, 2.45) is 0 Å². The van der Waals surface area contributed by atoms with Gasteiger partial charge in [-0.2, -0.15) is 9.97 Å².